The molecular formula is C13H14BrF3O. The molecule has 0 fully saturated rings. The molecule has 0 N–H and O–H groups in total. The highest BCUT2D eigenvalue weighted by Crippen LogP contribution is 2.37. The fourth-order valence-electron chi connectivity index (χ4n) is 2.09. The summed E-state index contributed by atoms with van der Waals surface area (Å²) in [4.78, 5) is -0.264. The first-order valence-electron chi connectivity index (χ1n) is 5.85. The van der Waals surface area contributed by atoms with Crippen LogP contribution in [-0.2, 0) is 6.42 Å². The number of benzene rings is 1. The molecule has 1 aliphatic heterocycles. The van der Waals surface area contributed by atoms with E-state index in [9.17, 15) is 13.2 Å². The summed E-state index contributed by atoms with van der Waals surface area (Å²) in [6, 6.07) is 5.61. The Kier molecular flexibility index (Phi) is 3.90. The molecule has 0 saturated heterocycles. The summed E-state index contributed by atoms with van der Waals surface area (Å²) in [5.41, 5.74) is 1.96. The lowest BCUT2D eigenvalue weighted by molar-refractivity contribution is -0.135. The van der Waals surface area contributed by atoms with Crippen LogP contribution >= 0.6 is 15.9 Å². The van der Waals surface area contributed by atoms with E-state index in [4.69, 9.17) is 4.74 Å². The van der Waals surface area contributed by atoms with Gasteiger partial charge in [-0.25, -0.2) is 0 Å². The first-order chi connectivity index (χ1) is 8.35. The van der Waals surface area contributed by atoms with Gasteiger partial charge in [0.25, 0.3) is 0 Å². The molecule has 1 heterocycles. The maximum absolute atomic E-state index is 12.2. The van der Waals surface area contributed by atoms with Crippen molar-refractivity contribution in [1.82, 2.24) is 0 Å². The average Bonchev–Trinajstić information content (AvgIpc) is 2.63. The van der Waals surface area contributed by atoms with Gasteiger partial charge in [0, 0.05) is 17.7 Å². The van der Waals surface area contributed by atoms with E-state index >= 15 is 0 Å². The predicted octanol–water partition coefficient (Wildman–Crippen LogP) is 4.79. The smallest absolute Gasteiger partial charge is 0.389 e. The molecule has 2 atom stereocenters. The van der Waals surface area contributed by atoms with Crippen LogP contribution in [0.2, 0.25) is 0 Å². The third-order valence-corrected chi connectivity index (χ3v) is 3.95. The summed E-state index contributed by atoms with van der Waals surface area (Å²) in [6.07, 6.45) is -3.84. The third-order valence-electron chi connectivity index (χ3n) is 2.96. The topological polar surface area (TPSA) is 9.23 Å². The van der Waals surface area contributed by atoms with E-state index in [0.29, 0.717) is 0 Å². The van der Waals surface area contributed by atoms with Gasteiger partial charge in [0.15, 0.2) is 0 Å². The molecule has 0 aromatic heterocycles. The molecule has 0 bridgehead atoms. The quantitative estimate of drug-likeness (QED) is 0.727. The highest BCUT2D eigenvalue weighted by molar-refractivity contribution is 9.09. The highest BCUT2D eigenvalue weighted by atomic mass is 79.9. The second-order valence-corrected chi connectivity index (χ2v) is 5.73. The fraction of sp³-hybridized carbons (Fsp3) is 0.538. The summed E-state index contributed by atoms with van der Waals surface area (Å²) in [6.45, 7) is 1.98. The Hall–Kier alpha value is -0.710. The van der Waals surface area contributed by atoms with Crippen molar-refractivity contribution in [3.8, 4) is 5.75 Å². The maximum atomic E-state index is 12.2. The molecule has 18 heavy (non-hydrogen) atoms. The number of rotatable bonds is 3. The number of fused-ring (bicyclic) bond motifs is 1. The predicted molar refractivity (Wildman–Crippen MR) is 67.2 cm³/mol. The monoisotopic (exact) mass is 322 g/mol. The Morgan fingerprint density at radius 1 is 1.44 bits per heavy atom. The van der Waals surface area contributed by atoms with Crippen LogP contribution in [0.3, 0.4) is 0 Å². The van der Waals surface area contributed by atoms with Crippen molar-refractivity contribution in [2.75, 3.05) is 0 Å². The number of ether oxygens (including phenoxy) is 1. The van der Waals surface area contributed by atoms with Crippen molar-refractivity contribution >= 4 is 15.9 Å². The highest BCUT2D eigenvalue weighted by Gasteiger charge is 2.28. The zero-order chi connectivity index (χ0) is 13.3. The SMILES string of the molecule is CC1Cc2cc(C(Br)CCC(F)(F)F)ccc2O1. The minimum Gasteiger partial charge on any atom is -0.490 e. The Morgan fingerprint density at radius 3 is 2.83 bits per heavy atom. The van der Waals surface area contributed by atoms with E-state index in [1.54, 1.807) is 0 Å². The van der Waals surface area contributed by atoms with Crippen LogP contribution < -0.4 is 4.74 Å². The van der Waals surface area contributed by atoms with Crippen LogP contribution in [0.25, 0.3) is 0 Å². The lowest BCUT2D eigenvalue weighted by Crippen LogP contribution is -2.08. The molecule has 1 aromatic carbocycles. The Balaban J connectivity index is 2.04. The molecule has 5 heteroatoms. The zero-order valence-corrected chi connectivity index (χ0v) is 11.5. The van der Waals surface area contributed by atoms with E-state index < -0.39 is 12.6 Å². The van der Waals surface area contributed by atoms with Gasteiger partial charge in [-0.15, -0.1) is 0 Å². The Bertz CT molecular complexity index is 431. The van der Waals surface area contributed by atoms with Crippen LogP contribution in [0.5, 0.6) is 5.75 Å². The summed E-state index contributed by atoms with van der Waals surface area (Å²) in [5, 5.41) is 0. The van der Waals surface area contributed by atoms with Crippen molar-refractivity contribution in [3.63, 3.8) is 0 Å². The van der Waals surface area contributed by atoms with E-state index in [1.807, 2.05) is 25.1 Å². The van der Waals surface area contributed by atoms with Crippen molar-refractivity contribution < 1.29 is 17.9 Å². The second-order valence-electron chi connectivity index (χ2n) is 4.62. The molecule has 100 valence electrons. The van der Waals surface area contributed by atoms with Gasteiger partial charge < -0.3 is 4.74 Å². The molecular weight excluding hydrogens is 309 g/mol. The molecule has 0 saturated carbocycles. The molecule has 0 amide bonds. The van der Waals surface area contributed by atoms with Crippen molar-refractivity contribution in [2.45, 2.75) is 43.3 Å². The van der Waals surface area contributed by atoms with Gasteiger partial charge >= 0.3 is 6.18 Å². The first-order valence-corrected chi connectivity index (χ1v) is 6.77. The molecule has 0 aliphatic carbocycles. The van der Waals surface area contributed by atoms with Crippen LogP contribution in [0, 0.1) is 0 Å². The molecule has 2 rings (SSSR count). The van der Waals surface area contributed by atoms with Gasteiger partial charge in [0.05, 0.1) is 0 Å². The van der Waals surface area contributed by atoms with Gasteiger partial charge in [-0.2, -0.15) is 13.2 Å². The van der Waals surface area contributed by atoms with Gasteiger partial charge in [-0.05, 0) is 30.5 Å². The van der Waals surface area contributed by atoms with Crippen LogP contribution in [0.1, 0.15) is 35.7 Å². The standard InChI is InChI=1S/C13H14BrF3O/c1-8-6-10-7-9(2-3-12(10)18-8)11(14)4-5-13(15,16)17/h2-3,7-8,11H,4-6H2,1H3. The van der Waals surface area contributed by atoms with E-state index in [2.05, 4.69) is 15.9 Å². The van der Waals surface area contributed by atoms with E-state index in [1.165, 1.54) is 0 Å². The van der Waals surface area contributed by atoms with Crippen LogP contribution in [0.15, 0.2) is 18.2 Å². The summed E-state index contributed by atoms with van der Waals surface area (Å²) in [7, 11) is 0. The van der Waals surface area contributed by atoms with E-state index in [0.717, 1.165) is 23.3 Å². The largest absolute Gasteiger partial charge is 0.490 e. The van der Waals surface area contributed by atoms with Crippen LogP contribution in [0.4, 0.5) is 13.2 Å². The maximum Gasteiger partial charge on any atom is 0.389 e. The average molecular weight is 323 g/mol. The molecule has 1 nitrogen and oxygen atoms in total. The van der Waals surface area contributed by atoms with Gasteiger partial charge in [-0.1, -0.05) is 28.1 Å². The van der Waals surface area contributed by atoms with Crippen molar-refractivity contribution in [2.24, 2.45) is 0 Å². The van der Waals surface area contributed by atoms with Gasteiger partial charge in [-0.3, -0.25) is 0 Å². The third kappa shape index (κ3) is 3.40. The number of halogens is 4. The summed E-state index contributed by atoms with van der Waals surface area (Å²) >= 11 is 3.32. The molecule has 1 aliphatic rings. The zero-order valence-electron chi connectivity index (χ0n) is 9.93. The van der Waals surface area contributed by atoms with Gasteiger partial charge in [0.1, 0.15) is 11.9 Å². The van der Waals surface area contributed by atoms with Gasteiger partial charge in [0.2, 0.25) is 0 Å². The summed E-state index contributed by atoms with van der Waals surface area (Å²) in [5.74, 6) is 0.849. The molecule has 0 spiro atoms. The van der Waals surface area contributed by atoms with Crippen LogP contribution in [-0.4, -0.2) is 12.3 Å². The normalized spacial score (nSPS) is 20.4. The Labute approximate surface area is 112 Å². The summed E-state index contributed by atoms with van der Waals surface area (Å²) < 4.78 is 42.0. The molecule has 1 aromatic rings. The molecule has 2 unspecified atom stereocenters. The minimum absolute atomic E-state index is 0.0543. The molecule has 0 radical (unpaired) electrons. The number of hydrogen-bond acceptors (Lipinski definition) is 1. The fourth-order valence-corrected chi connectivity index (χ4v) is 2.61. The Morgan fingerprint density at radius 2 is 2.17 bits per heavy atom. The minimum atomic E-state index is -4.10. The number of alkyl halides is 4. The lowest BCUT2D eigenvalue weighted by atomic mass is 10.0. The second kappa shape index (κ2) is 5.11. The first kappa shape index (κ1) is 13.7. The van der Waals surface area contributed by atoms with E-state index in [-0.39, 0.29) is 17.4 Å². The van der Waals surface area contributed by atoms with Crippen molar-refractivity contribution in [1.29, 1.82) is 0 Å². The van der Waals surface area contributed by atoms with Crippen molar-refractivity contribution in [3.05, 3.63) is 29.3 Å². The number of hydrogen-bond donors (Lipinski definition) is 0. The lowest BCUT2D eigenvalue weighted by Gasteiger charge is -2.13.